The predicted molar refractivity (Wildman–Crippen MR) is 32.1 cm³/mol. The minimum Gasteiger partial charge on any atom is -0.324 e. The molecule has 0 radical (unpaired) electrons. The van der Waals surface area contributed by atoms with Crippen molar-refractivity contribution in [2.75, 3.05) is 0 Å². The summed E-state index contributed by atoms with van der Waals surface area (Å²) in [7, 11) is 0. The number of hydrogen-bond acceptors (Lipinski definition) is 2. The van der Waals surface area contributed by atoms with Crippen LogP contribution in [0.4, 0.5) is 0 Å². The Morgan fingerprint density at radius 2 is 2.29 bits per heavy atom. The van der Waals surface area contributed by atoms with Crippen LogP contribution in [0.25, 0.3) is 0 Å². The molecule has 7 heavy (non-hydrogen) atoms. The zero-order chi connectivity index (χ0) is 5.70. The van der Waals surface area contributed by atoms with Crippen molar-refractivity contribution < 1.29 is 0 Å². The molecule has 0 rings (SSSR count). The van der Waals surface area contributed by atoms with Crippen LogP contribution in [0.2, 0.25) is 0 Å². The molecule has 0 atom stereocenters. The molecule has 0 aromatic rings. The van der Waals surface area contributed by atoms with E-state index in [-0.39, 0.29) is 0 Å². The molecule has 2 nitrogen and oxygen atoms in total. The standard InChI is InChI=1S/C5H12N2/c1-5(2)3-4-7-6/h4-5H,3,6H2,1-2H3. The summed E-state index contributed by atoms with van der Waals surface area (Å²) in [6.45, 7) is 4.25. The molecule has 42 valence electrons. The zero-order valence-electron chi connectivity index (χ0n) is 4.89. The quantitative estimate of drug-likeness (QED) is 0.313. The summed E-state index contributed by atoms with van der Waals surface area (Å²) in [6.07, 6.45) is 2.71. The van der Waals surface area contributed by atoms with Gasteiger partial charge in [0.2, 0.25) is 0 Å². The van der Waals surface area contributed by atoms with Crippen LogP contribution in [-0.4, -0.2) is 6.21 Å². The number of nitrogens with zero attached hydrogens (tertiary/aromatic N) is 1. The van der Waals surface area contributed by atoms with Gasteiger partial charge in [-0.1, -0.05) is 13.8 Å². The summed E-state index contributed by atoms with van der Waals surface area (Å²) in [5.41, 5.74) is 0. The molecule has 0 aliphatic rings. The maximum atomic E-state index is 4.85. The summed E-state index contributed by atoms with van der Waals surface area (Å²) in [6, 6.07) is 0. The van der Waals surface area contributed by atoms with Crippen molar-refractivity contribution in [3.63, 3.8) is 0 Å². The molecule has 0 fully saturated rings. The Balaban J connectivity index is 2.97. The monoisotopic (exact) mass is 100 g/mol. The molecule has 0 saturated heterocycles. The summed E-state index contributed by atoms with van der Waals surface area (Å²) in [4.78, 5) is 0. The van der Waals surface area contributed by atoms with Gasteiger partial charge in [-0.25, -0.2) is 0 Å². The van der Waals surface area contributed by atoms with Gasteiger partial charge >= 0.3 is 0 Å². The first-order valence-corrected chi connectivity index (χ1v) is 2.49. The van der Waals surface area contributed by atoms with Gasteiger partial charge in [-0.2, -0.15) is 5.10 Å². The molecule has 0 heterocycles. The van der Waals surface area contributed by atoms with Crippen molar-refractivity contribution in [1.29, 1.82) is 0 Å². The van der Waals surface area contributed by atoms with E-state index in [1.54, 1.807) is 6.21 Å². The smallest absolute Gasteiger partial charge is 0.0242 e. The second kappa shape index (κ2) is 3.65. The van der Waals surface area contributed by atoms with E-state index in [2.05, 4.69) is 18.9 Å². The Morgan fingerprint density at radius 1 is 1.71 bits per heavy atom. The van der Waals surface area contributed by atoms with E-state index in [0.717, 1.165) is 6.42 Å². The molecule has 2 N–H and O–H groups in total. The summed E-state index contributed by atoms with van der Waals surface area (Å²) in [5, 5.41) is 3.35. The van der Waals surface area contributed by atoms with Crippen LogP contribution in [0.1, 0.15) is 20.3 Å². The van der Waals surface area contributed by atoms with Crippen molar-refractivity contribution in [2.45, 2.75) is 20.3 Å². The van der Waals surface area contributed by atoms with E-state index in [9.17, 15) is 0 Å². The molecule has 0 bridgehead atoms. The minimum atomic E-state index is 0.673. The second-order valence-corrected chi connectivity index (χ2v) is 1.96. The molecular formula is C5H12N2. The molecule has 0 amide bonds. The minimum absolute atomic E-state index is 0.673. The van der Waals surface area contributed by atoms with E-state index in [4.69, 9.17) is 5.84 Å². The lowest BCUT2D eigenvalue weighted by Crippen LogP contribution is -1.89. The van der Waals surface area contributed by atoms with Crippen LogP contribution >= 0.6 is 0 Å². The largest absolute Gasteiger partial charge is 0.324 e. The van der Waals surface area contributed by atoms with Crippen LogP contribution in [0.3, 0.4) is 0 Å². The maximum absolute atomic E-state index is 4.85. The van der Waals surface area contributed by atoms with E-state index in [1.807, 2.05) is 0 Å². The maximum Gasteiger partial charge on any atom is 0.0242 e. The highest BCUT2D eigenvalue weighted by atomic mass is 15.1. The summed E-state index contributed by atoms with van der Waals surface area (Å²) < 4.78 is 0. The molecule has 0 saturated carbocycles. The van der Waals surface area contributed by atoms with Gasteiger partial charge in [0.1, 0.15) is 0 Å². The van der Waals surface area contributed by atoms with Gasteiger partial charge < -0.3 is 5.84 Å². The fourth-order valence-electron chi connectivity index (χ4n) is 0.272. The Hall–Kier alpha value is -0.530. The molecule has 2 heteroatoms. The van der Waals surface area contributed by atoms with Crippen LogP contribution in [0.5, 0.6) is 0 Å². The van der Waals surface area contributed by atoms with Gasteiger partial charge in [0, 0.05) is 6.21 Å². The topological polar surface area (TPSA) is 38.4 Å². The Bertz CT molecular complexity index is 57.1. The van der Waals surface area contributed by atoms with Crippen molar-refractivity contribution in [3.8, 4) is 0 Å². The molecule has 0 aromatic heterocycles. The number of nitrogens with two attached hydrogens (primary N) is 1. The highest BCUT2D eigenvalue weighted by molar-refractivity contribution is 5.56. The highest BCUT2D eigenvalue weighted by Crippen LogP contribution is 1.93. The zero-order valence-corrected chi connectivity index (χ0v) is 4.89. The Labute approximate surface area is 44.4 Å². The van der Waals surface area contributed by atoms with Crippen LogP contribution in [0, 0.1) is 5.92 Å². The van der Waals surface area contributed by atoms with Gasteiger partial charge in [0.05, 0.1) is 0 Å². The van der Waals surface area contributed by atoms with Gasteiger partial charge in [-0.15, -0.1) is 0 Å². The average Bonchev–Trinajstić information content (AvgIpc) is 1.61. The lowest BCUT2D eigenvalue weighted by atomic mass is 10.2. The van der Waals surface area contributed by atoms with Crippen molar-refractivity contribution in [1.82, 2.24) is 0 Å². The van der Waals surface area contributed by atoms with Gasteiger partial charge in [0.15, 0.2) is 0 Å². The number of rotatable bonds is 2. The Kier molecular flexibility index (Phi) is 3.38. The first-order chi connectivity index (χ1) is 3.27. The first-order valence-electron chi connectivity index (χ1n) is 2.49. The van der Waals surface area contributed by atoms with Gasteiger partial charge in [0.25, 0.3) is 0 Å². The van der Waals surface area contributed by atoms with E-state index < -0.39 is 0 Å². The van der Waals surface area contributed by atoms with Gasteiger partial charge in [-0.3, -0.25) is 0 Å². The Morgan fingerprint density at radius 3 is 2.43 bits per heavy atom. The number of hydrogen-bond donors (Lipinski definition) is 1. The van der Waals surface area contributed by atoms with Crippen LogP contribution in [0.15, 0.2) is 5.10 Å². The predicted octanol–water partition coefficient (Wildman–Crippen LogP) is 0.977. The van der Waals surface area contributed by atoms with Crippen molar-refractivity contribution in [2.24, 2.45) is 16.9 Å². The summed E-state index contributed by atoms with van der Waals surface area (Å²) in [5.74, 6) is 5.52. The molecule has 0 aliphatic carbocycles. The molecule has 0 unspecified atom stereocenters. The first kappa shape index (κ1) is 6.47. The fourth-order valence-corrected chi connectivity index (χ4v) is 0.272. The molecule has 0 spiro atoms. The average molecular weight is 100 g/mol. The van der Waals surface area contributed by atoms with Crippen LogP contribution < -0.4 is 5.84 Å². The van der Waals surface area contributed by atoms with Crippen molar-refractivity contribution in [3.05, 3.63) is 0 Å². The summed E-state index contributed by atoms with van der Waals surface area (Å²) >= 11 is 0. The third-order valence-electron chi connectivity index (χ3n) is 0.682. The van der Waals surface area contributed by atoms with E-state index >= 15 is 0 Å². The van der Waals surface area contributed by atoms with Crippen LogP contribution in [-0.2, 0) is 0 Å². The molecule has 0 aliphatic heterocycles. The third kappa shape index (κ3) is 5.47. The fraction of sp³-hybridized carbons (Fsp3) is 0.800. The molecule has 0 aromatic carbocycles. The highest BCUT2D eigenvalue weighted by Gasteiger charge is 1.85. The van der Waals surface area contributed by atoms with Gasteiger partial charge in [-0.05, 0) is 12.3 Å². The third-order valence-corrected chi connectivity index (χ3v) is 0.682. The number of hydrazone groups is 1. The SMILES string of the molecule is CC(C)CC=NN. The molecular weight excluding hydrogens is 88.1 g/mol. The lowest BCUT2D eigenvalue weighted by molar-refractivity contribution is 0.689. The van der Waals surface area contributed by atoms with E-state index in [0.29, 0.717) is 5.92 Å². The van der Waals surface area contributed by atoms with Crippen molar-refractivity contribution >= 4 is 6.21 Å². The van der Waals surface area contributed by atoms with E-state index in [1.165, 1.54) is 0 Å². The normalized spacial score (nSPS) is 11.3. The lowest BCUT2D eigenvalue weighted by Gasteiger charge is -1.92. The second-order valence-electron chi connectivity index (χ2n) is 1.96.